The number of hydrogen-bond donors (Lipinski definition) is 2. The van der Waals surface area contributed by atoms with Gasteiger partial charge in [-0.25, -0.2) is 0 Å². The largest absolute Gasteiger partial charge is 0.481 e. The van der Waals surface area contributed by atoms with Crippen LogP contribution in [-0.4, -0.2) is 26.0 Å². The summed E-state index contributed by atoms with van der Waals surface area (Å²) in [7, 11) is 0. The highest BCUT2D eigenvalue weighted by atomic mass is 16.4. The second-order valence-corrected chi connectivity index (χ2v) is 3.95. The molecule has 0 aliphatic rings. The molecule has 0 unspecified atom stereocenters. The predicted octanol–water partition coefficient (Wildman–Crippen LogP) is 1.05. The number of nitrogens with zero attached hydrogens (tertiary/aromatic N) is 2. The van der Waals surface area contributed by atoms with E-state index in [9.17, 15) is 9.90 Å². The highest BCUT2D eigenvalue weighted by molar-refractivity contribution is 5.67. The molecule has 1 rings (SSSR count). The predicted molar refractivity (Wildman–Crippen MR) is 54.3 cm³/mol. The van der Waals surface area contributed by atoms with E-state index in [4.69, 9.17) is 5.11 Å². The fourth-order valence-electron chi connectivity index (χ4n) is 1.39. The highest BCUT2D eigenvalue weighted by Gasteiger charge is 2.16. The van der Waals surface area contributed by atoms with E-state index in [0.717, 1.165) is 0 Å². The first kappa shape index (κ1) is 11.7. The van der Waals surface area contributed by atoms with Crippen molar-refractivity contribution in [3.8, 4) is 0 Å². The molecule has 1 aromatic rings. The normalized spacial score (nSPS) is 13.1. The average Bonchev–Trinajstić information content (AvgIpc) is 2.49. The second kappa shape index (κ2) is 4.93. The lowest BCUT2D eigenvalue weighted by Gasteiger charge is -2.13. The monoisotopic (exact) mass is 212 g/mol. The molecular formula is C10H16N2O3. The molecule has 0 fully saturated rings. The summed E-state index contributed by atoms with van der Waals surface area (Å²) >= 11 is 0. The standard InChI is InChI=1S/C10H16N2O3/c1-7(2)6-12-8(3-4-11-12)9(13)5-10(14)15/h3-4,7,9,13H,5-6H2,1-2H3,(H,14,15)/t9-/m0/s1. The summed E-state index contributed by atoms with van der Waals surface area (Å²) in [6.45, 7) is 4.75. The molecule has 0 bridgehead atoms. The van der Waals surface area contributed by atoms with E-state index in [2.05, 4.69) is 5.10 Å². The molecule has 1 heterocycles. The molecule has 0 spiro atoms. The van der Waals surface area contributed by atoms with Gasteiger partial charge in [0.15, 0.2) is 0 Å². The molecule has 0 aliphatic carbocycles. The van der Waals surface area contributed by atoms with Gasteiger partial charge >= 0.3 is 5.97 Å². The number of carboxylic acids is 1. The van der Waals surface area contributed by atoms with Crippen molar-refractivity contribution in [1.82, 2.24) is 9.78 Å². The number of carboxylic acid groups (broad SMARTS) is 1. The van der Waals surface area contributed by atoms with Gasteiger partial charge in [-0.1, -0.05) is 13.8 Å². The Bertz CT molecular complexity index is 333. The van der Waals surface area contributed by atoms with E-state index in [1.165, 1.54) is 0 Å². The topological polar surface area (TPSA) is 75.3 Å². The van der Waals surface area contributed by atoms with E-state index in [0.29, 0.717) is 18.2 Å². The Morgan fingerprint density at radius 2 is 2.27 bits per heavy atom. The van der Waals surface area contributed by atoms with Crippen LogP contribution in [0.25, 0.3) is 0 Å². The smallest absolute Gasteiger partial charge is 0.306 e. The fraction of sp³-hybridized carbons (Fsp3) is 0.600. The molecule has 0 radical (unpaired) electrons. The summed E-state index contributed by atoms with van der Waals surface area (Å²) < 4.78 is 1.65. The van der Waals surface area contributed by atoms with Gasteiger partial charge in [0.1, 0.15) is 6.10 Å². The molecule has 0 amide bonds. The maximum absolute atomic E-state index is 10.4. The third kappa shape index (κ3) is 3.36. The Morgan fingerprint density at radius 1 is 1.60 bits per heavy atom. The quantitative estimate of drug-likeness (QED) is 0.764. The molecule has 0 saturated carbocycles. The maximum Gasteiger partial charge on any atom is 0.306 e. The summed E-state index contributed by atoms with van der Waals surface area (Å²) in [5, 5.41) is 22.2. The van der Waals surface area contributed by atoms with Gasteiger partial charge in [0.2, 0.25) is 0 Å². The third-order valence-corrected chi connectivity index (χ3v) is 2.00. The van der Waals surface area contributed by atoms with Crippen molar-refractivity contribution in [3.05, 3.63) is 18.0 Å². The van der Waals surface area contributed by atoms with Gasteiger partial charge in [-0.2, -0.15) is 5.10 Å². The van der Waals surface area contributed by atoms with Gasteiger partial charge in [0.25, 0.3) is 0 Å². The summed E-state index contributed by atoms with van der Waals surface area (Å²) in [4.78, 5) is 10.4. The summed E-state index contributed by atoms with van der Waals surface area (Å²) in [6, 6.07) is 1.65. The molecule has 1 atom stereocenters. The summed E-state index contributed by atoms with van der Waals surface area (Å²) in [5.74, 6) is -0.611. The van der Waals surface area contributed by atoms with Crippen molar-refractivity contribution in [1.29, 1.82) is 0 Å². The molecule has 15 heavy (non-hydrogen) atoms. The number of aliphatic carboxylic acids is 1. The zero-order chi connectivity index (χ0) is 11.4. The lowest BCUT2D eigenvalue weighted by Crippen LogP contribution is -2.14. The number of hydrogen-bond acceptors (Lipinski definition) is 3. The van der Waals surface area contributed by atoms with E-state index in [-0.39, 0.29) is 6.42 Å². The Kier molecular flexibility index (Phi) is 3.85. The van der Waals surface area contributed by atoms with Crippen LogP contribution in [0, 0.1) is 5.92 Å². The van der Waals surface area contributed by atoms with E-state index in [1.807, 2.05) is 13.8 Å². The molecule has 5 heteroatoms. The first-order chi connectivity index (χ1) is 7.00. The van der Waals surface area contributed by atoms with Crippen molar-refractivity contribution in [2.75, 3.05) is 0 Å². The summed E-state index contributed by atoms with van der Waals surface area (Å²) in [5.41, 5.74) is 0.561. The second-order valence-electron chi connectivity index (χ2n) is 3.95. The lowest BCUT2D eigenvalue weighted by atomic mass is 10.1. The Balaban J connectivity index is 2.75. The zero-order valence-corrected chi connectivity index (χ0v) is 8.92. The van der Waals surface area contributed by atoms with Crippen molar-refractivity contribution >= 4 is 5.97 Å². The molecule has 2 N–H and O–H groups in total. The Hall–Kier alpha value is -1.36. The van der Waals surface area contributed by atoms with Crippen LogP contribution in [0.2, 0.25) is 0 Å². The van der Waals surface area contributed by atoms with Crippen LogP contribution >= 0.6 is 0 Å². The summed E-state index contributed by atoms with van der Waals surface area (Å²) in [6.07, 6.45) is 0.302. The molecule has 5 nitrogen and oxygen atoms in total. The average molecular weight is 212 g/mol. The van der Waals surface area contributed by atoms with Crippen LogP contribution in [-0.2, 0) is 11.3 Å². The molecule has 84 valence electrons. The number of carbonyl (C=O) groups is 1. The first-order valence-electron chi connectivity index (χ1n) is 4.92. The molecular weight excluding hydrogens is 196 g/mol. The van der Waals surface area contributed by atoms with Crippen molar-refractivity contribution in [2.45, 2.75) is 32.9 Å². The minimum absolute atomic E-state index is 0.288. The van der Waals surface area contributed by atoms with Crippen molar-refractivity contribution < 1.29 is 15.0 Å². The van der Waals surface area contributed by atoms with Crippen LogP contribution in [0.15, 0.2) is 12.3 Å². The SMILES string of the molecule is CC(C)Cn1nccc1[C@@H](O)CC(=O)O. The van der Waals surface area contributed by atoms with E-state index in [1.54, 1.807) is 16.9 Å². The molecule has 1 aromatic heterocycles. The zero-order valence-electron chi connectivity index (χ0n) is 8.92. The number of rotatable bonds is 5. The van der Waals surface area contributed by atoms with Crippen molar-refractivity contribution in [3.63, 3.8) is 0 Å². The van der Waals surface area contributed by atoms with Gasteiger partial charge in [0, 0.05) is 12.7 Å². The Morgan fingerprint density at radius 3 is 2.80 bits per heavy atom. The van der Waals surface area contributed by atoms with Gasteiger partial charge in [-0.05, 0) is 12.0 Å². The minimum Gasteiger partial charge on any atom is -0.481 e. The van der Waals surface area contributed by atoms with Crippen LogP contribution in [0.5, 0.6) is 0 Å². The maximum atomic E-state index is 10.4. The fourth-order valence-corrected chi connectivity index (χ4v) is 1.39. The molecule has 0 saturated heterocycles. The first-order valence-corrected chi connectivity index (χ1v) is 4.92. The van der Waals surface area contributed by atoms with E-state index < -0.39 is 12.1 Å². The van der Waals surface area contributed by atoms with Crippen LogP contribution in [0.1, 0.15) is 32.1 Å². The van der Waals surface area contributed by atoms with Gasteiger partial charge in [-0.15, -0.1) is 0 Å². The molecule has 0 aromatic carbocycles. The Labute approximate surface area is 88.3 Å². The van der Waals surface area contributed by atoms with Gasteiger partial charge in [-0.3, -0.25) is 9.48 Å². The number of aromatic nitrogens is 2. The highest BCUT2D eigenvalue weighted by Crippen LogP contribution is 2.16. The number of aliphatic hydroxyl groups excluding tert-OH is 1. The van der Waals surface area contributed by atoms with Crippen LogP contribution < -0.4 is 0 Å². The van der Waals surface area contributed by atoms with Gasteiger partial charge in [0.05, 0.1) is 12.1 Å². The third-order valence-electron chi connectivity index (χ3n) is 2.00. The minimum atomic E-state index is -1.01. The van der Waals surface area contributed by atoms with Crippen LogP contribution in [0.4, 0.5) is 0 Å². The van der Waals surface area contributed by atoms with E-state index >= 15 is 0 Å². The molecule has 0 aliphatic heterocycles. The van der Waals surface area contributed by atoms with Crippen molar-refractivity contribution in [2.24, 2.45) is 5.92 Å². The van der Waals surface area contributed by atoms with Gasteiger partial charge < -0.3 is 10.2 Å². The lowest BCUT2D eigenvalue weighted by molar-refractivity contribution is -0.139. The van der Waals surface area contributed by atoms with Crippen LogP contribution in [0.3, 0.4) is 0 Å². The number of aliphatic hydroxyl groups is 1.